The topological polar surface area (TPSA) is 79.2 Å². The number of amides is 1. The molecule has 1 heterocycles. The van der Waals surface area contributed by atoms with Crippen molar-refractivity contribution in [1.82, 2.24) is 16.2 Å². The van der Waals surface area contributed by atoms with Gasteiger partial charge in [0.2, 0.25) is 0 Å². The highest BCUT2D eigenvalue weighted by molar-refractivity contribution is 5.95. The fraction of sp³-hybridized carbons (Fsp3) is 0.500. The van der Waals surface area contributed by atoms with Crippen molar-refractivity contribution in [2.24, 2.45) is 11.7 Å². The minimum atomic E-state index is -0.0487. The third-order valence-electron chi connectivity index (χ3n) is 3.80. The van der Waals surface area contributed by atoms with E-state index in [-0.39, 0.29) is 5.91 Å². The van der Waals surface area contributed by atoms with Gasteiger partial charge in [-0.15, -0.1) is 0 Å². The first-order valence-electron chi connectivity index (χ1n) is 6.70. The average Bonchev–Trinajstić information content (AvgIpc) is 2.75. The molecule has 1 aliphatic heterocycles. The van der Waals surface area contributed by atoms with Gasteiger partial charge in [0.15, 0.2) is 0 Å². The van der Waals surface area contributed by atoms with Crippen molar-refractivity contribution < 1.29 is 4.79 Å². The van der Waals surface area contributed by atoms with Crippen LogP contribution in [0.5, 0.6) is 0 Å². The maximum atomic E-state index is 12.2. The molecule has 1 aromatic rings. The lowest BCUT2D eigenvalue weighted by Gasteiger charge is -2.18. The molecule has 0 aliphatic carbocycles. The van der Waals surface area contributed by atoms with Crippen molar-refractivity contribution in [3.63, 3.8) is 0 Å². The first-order valence-corrected chi connectivity index (χ1v) is 6.70. The van der Waals surface area contributed by atoms with Crippen molar-refractivity contribution >= 4 is 5.91 Å². The van der Waals surface area contributed by atoms with E-state index in [1.807, 2.05) is 24.3 Å². The number of carbonyl (C=O) groups excluding carboxylic acids is 1. The molecule has 2 atom stereocenters. The maximum absolute atomic E-state index is 12.2. The Morgan fingerprint density at radius 3 is 2.53 bits per heavy atom. The van der Waals surface area contributed by atoms with E-state index >= 15 is 0 Å². The fourth-order valence-electron chi connectivity index (χ4n) is 2.49. The molecule has 5 N–H and O–H groups in total. The van der Waals surface area contributed by atoms with E-state index < -0.39 is 0 Å². The minimum absolute atomic E-state index is 0.0487. The van der Waals surface area contributed by atoms with E-state index in [1.165, 1.54) is 0 Å². The molecule has 0 bridgehead atoms. The Morgan fingerprint density at radius 1 is 1.26 bits per heavy atom. The molecule has 1 amide bonds. The number of carbonyl (C=O) groups is 1. The standard InChI is InChI=1S/C14H22N4O/c1-9-13(10(2)18-17-9)8-16-14(19)12-6-4-3-5-11(12)7-15/h3-6,9-10,13,17-18H,7-8,15H2,1-2H3,(H,16,19). The van der Waals surface area contributed by atoms with E-state index in [1.54, 1.807) is 0 Å². The van der Waals surface area contributed by atoms with Gasteiger partial charge in [-0.2, -0.15) is 0 Å². The minimum Gasteiger partial charge on any atom is -0.352 e. The van der Waals surface area contributed by atoms with Crippen LogP contribution in [0.1, 0.15) is 29.8 Å². The van der Waals surface area contributed by atoms with Crippen molar-refractivity contribution in [2.45, 2.75) is 32.5 Å². The van der Waals surface area contributed by atoms with Gasteiger partial charge in [-0.25, -0.2) is 0 Å². The summed E-state index contributed by atoms with van der Waals surface area (Å²) in [5.74, 6) is 0.335. The van der Waals surface area contributed by atoms with E-state index in [0.717, 1.165) is 5.56 Å². The molecule has 0 aromatic heterocycles. The van der Waals surface area contributed by atoms with Crippen molar-refractivity contribution in [2.75, 3.05) is 6.54 Å². The van der Waals surface area contributed by atoms with Crippen molar-refractivity contribution in [3.05, 3.63) is 35.4 Å². The predicted octanol–water partition coefficient (Wildman–Crippen LogP) is 0.376. The predicted molar refractivity (Wildman–Crippen MR) is 75.4 cm³/mol. The lowest BCUT2D eigenvalue weighted by Crippen LogP contribution is -2.37. The highest BCUT2D eigenvalue weighted by Gasteiger charge is 2.29. The summed E-state index contributed by atoms with van der Waals surface area (Å²) in [6.45, 7) is 5.26. The molecule has 2 unspecified atom stereocenters. The molecule has 2 rings (SSSR count). The lowest BCUT2D eigenvalue weighted by atomic mass is 9.96. The molecule has 19 heavy (non-hydrogen) atoms. The number of hydrazine groups is 1. The van der Waals surface area contributed by atoms with Gasteiger partial charge >= 0.3 is 0 Å². The molecular weight excluding hydrogens is 240 g/mol. The third kappa shape index (κ3) is 3.12. The molecule has 5 heteroatoms. The van der Waals surface area contributed by atoms with Gasteiger partial charge in [0, 0.05) is 36.7 Å². The second-order valence-electron chi connectivity index (χ2n) is 5.10. The first kappa shape index (κ1) is 14.0. The summed E-state index contributed by atoms with van der Waals surface area (Å²) in [4.78, 5) is 12.2. The SMILES string of the molecule is CC1NNC(C)C1CNC(=O)c1ccccc1CN. The summed E-state index contributed by atoms with van der Waals surface area (Å²) in [6.07, 6.45) is 0. The normalized spacial score (nSPS) is 26.4. The smallest absolute Gasteiger partial charge is 0.251 e. The highest BCUT2D eigenvalue weighted by Crippen LogP contribution is 2.14. The maximum Gasteiger partial charge on any atom is 0.251 e. The molecule has 5 nitrogen and oxygen atoms in total. The van der Waals surface area contributed by atoms with Crippen LogP contribution < -0.4 is 21.9 Å². The second-order valence-corrected chi connectivity index (χ2v) is 5.10. The van der Waals surface area contributed by atoms with E-state index in [9.17, 15) is 4.79 Å². The molecule has 0 spiro atoms. The summed E-state index contributed by atoms with van der Waals surface area (Å²) >= 11 is 0. The highest BCUT2D eigenvalue weighted by atomic mass is 16.1. The van der Waals surface area contributed by atoms with Crippen LogP contribution in [-0.2, 0) is 6.54 Å². The Hall–Kier alpha value is -1.43. The Morgan fingerprint density at radius 2 is 1.89 bits per heavy atom. The Kier molecular flexibility index (Phi) is 4.52. The van der Waals surface area contributed by atoms with Crippen LogP contribution in [-0.4, -0.2) is 24.5 Å². The molecule has 0 saturated carbocycles. The largest absolute Gasteiger partial charge is 0.352 e. The zero-order valence-corrected chi connectivity index (χ0v) is 11.4. The monoisotopic (exact) mass is 262 g/mol. The summed E-state index contributed by atoms with van der Waals surface area (Å²) in [5, 5.41) is 3.00. The molecule has 0 radical (unpaired) electrons. The van der Waals surface area contributed by atoms with Gasteiger partial charge in [0.05, 0.1) is 0 Å². The van der Waals surface area contributed by atoms with Crippen LogP contribution in [0.25, 0.3) is 0 Å². The van der Waals surface area contributed by atoms with E-state index in [0.29, 0.717) is 36.7 Å². The number of nitrogens with two attached hydrogens (primary N) is 1. The Balaban J connectivity index is 1.98. The van der Waals surface area contributed by atoms with Gasteiger partial charge < -0.3 is 11.1 Å². The molecule has 1 aromatic carbocycles. The van der Waals surface area contributed by atoms with Crippen LogP contribution in [0.15, 0.2) is 24.3 Å². The zero-order valence-electron chi connectivity index (χ0n) is 11.4. The van der Waals surface area contributed by atoms with Crippen molar-refractivity contribution in [3.8, 4) is 0 Å². The van der Waals surface area contributed by atoms with Crippen LogP contribution in [0, 0.1) is 5.92 Å². The summed E-state index contributed by atoms with van der Waals surface area (Å²) in [7, 11) is 0. The number of hydrogen-bond donors (Lipinski definition) is 4. The molecular formula is C14H22N4O. The zero-order chi connectivity index (χ0) is 13.8. The molecule has 1 fully saturated rings. The van der Waals surface area contributed by atoms with Crippen molar-refractivity contribution in [1.29, 1.82) is 0 Å². The molecule has 1 aliphatic rings. The van der Waals surface area contributed by atoms with Crippen LogP contribution in [0.2, 0.25) is 0 Å². The third-order valence-corrected chi connectivity index (χ3v) is 3.80. The number of nitrogens with one attached hydrogen (secondary N) is 3. The Labute approximate surface area is 113 Å². The quantitative estimate of drug-likeness (QED) is 0.632. The number of benzene rings is 1. The van der Waals surface area contributed by atoms with Crippen LogP contribution >= 0.6 is 0 Å². The number of rotatable bonds is 4. The summed E-state index contributed by atoms with van der Waals surface area (Å²) in [5.41, 5.74) is 13.6. The molecule has 104 valence electrons. The lowest BCUT2D eigenvalue weighted by molar-refractivity contribution is 0.0944. The summed E-state index contributed by atoms with van der Waals surface area (Å²) < 4.78 is 0. The van der Waals surface area contributed by atoms with Crippen LogP contribution in [0.4, 0.5) is 0 Å². The second kappa shape index (κ2) is 6.14. The van der Waals surface area contributed by atoms with Gasteiger partial charge in [0.25, 0.3) is 5.91 Å². The first-order chi connectivity index (χ1) is 9.13. The van der Waals surface area contributed by atoms with Gasteiger partial charge in [-0.05, 0) is 25.5 Å². The van der Waals surface area contributed by atoms with E-state index in [4.69, 9.17) is 5.73 Å². The fourth-order valence-corrected chi connectivity index (χ4v) is 2.49. The number of hydrogen-bond acceptors (Lipinski definition) is 4. The van der Waals surface area contributed by atoms with Gasteiger partial charge in [-0.1, -0.05) is 18.2 Å². The molecule has 1 saturated heterocycles. The van der Waals surface area contributed by atoms with E-state index in [2.05, 4.69) is 30.0 Å². The Bertz CT molecular complexity index is 439. The summed E-state index contributed by atoms with van der Waals surface area (Å²) in [6, 6.07) is 8.15. The average molecular weight is 262 g/mol. The van der Waals surface area contributed by atoms with Gasteiger partial charge in [0.1, 0.15) is 0 Å². The van der Waals surface area contributed by atoms with Crippen LogP contribution in [0.3, 0.4) is 0 Å². The van der Waals surface area contributed by atoms with Gasteiger partial charge in [-0.3, -0.25) is 15.6 Å².